The third kappa shape index (κ3) is 1.52. The summed E-state index contributed by atoms with van der Waals surface area (Å²) in [7, 11) is 0. The van der Waals surface area contributed by atoms with Gasteiger partial charge in [-0.1, -0.05) is 15.9 Å². The Kier molecular flexibility index (Phi) is 1.97. The average molecular weight is 241 g/mol. The number of aromatic nitrogens is 4. The summed E-state index contributed by atoms with van der Waals surface area (Å²) >= 11 is 3.28. The zero-order valence-corrected chi connectivity index (χ0v) is 8.02. The second-order valence-corrected chi connectivity index (χ2v) is 3.25. The van der Waals surface area contributed by atoms with Crippen LogP contribution in [0.25, 0.3) is 5.82 Å². The van der Waals surface area contributed by atoms with Crippen LogP contribution >= 0.6 is 15.9 Å². The van der Waals surface area contributed by atoms with E-state index < -0.39 is 0 Å². The van der Waals surface area contributed by atoms with Gasteiger partial charge in [0.2, 0.25) is 0 Å². The third-order valence-electron chi connectivity index (χ3n) is 1.49. The molecule has 0 aliphatic rings. The van der Waals surface area contributed by atoms with Crippen molar-refractivity contribution in [1.82, 2.24) is 19.7 Å². The van der Waals surface area contributed by atoms with Gasteiger partial charge in [0.05, 0.1) is 0 Å². The van der Waals surface area contributed by atoms with E-state index in [1.807, 2.05) is 0 Å². The summed E-state index contributed by atoms with van der Waals surface area (Å²) in [5.74, 6) is 0.511. The van der Waals surface area contributed by atoms with Gasteiger partial charge in [-0.3, -0.25) is 5.10 Å². The minimum Gasteiger partial charge on any atom is -0.278 e. The number of aromatic amines is 1. The molecule has 0 saturated carbocycles. The number of pyridine rings is 1. The lowest BCUT2D eigenvalue weighted by Gasteiger charge is -1.98. The van der Waals surface area contributed by atoms with Gasteiger partial charge in [-0.25, -0.2) is 9.78 Å². The van der Waals surface area contributed by atoms with Crippen molar-refractivity contribution in [3.63, 3.8) is 0 Å². The number of H-pyrrole nitrogens is 1. The molecular formula is C7H5BrN4O. The fourth-order valence-corrected chi connectivity index (χ4v) is 1.26. The van der Waals surface area contributed by atoms with E-state index >= 15 is 0 Å². The zero-order valence-electron chi connectivity index (χ0n) is 6.44. The highest BCUT2D eigenvalue weighted by molar-refractivity contribution is 9.10. The van der Waals surface area contributed by atoms with Crippen molar-refractivity contribution < 1.29 is 0 Å². The summed E-state index contributed by atoms with van der Waals surface area (Å²) in [5, 5.41) is 2.66. The number of rotatable bonds is 1. The Labute approximate surface area is 81.6 Å². The van der Waals surface area contributed by atoms with Crippen molar-refractivity contribution in [3.05, 3.63) is 39.6 Å². The molecule has 5 nitrogen and oxygen atoms in total. The lowest BCUT2D eigenvalue weighted by Crippen LogP contribution is -2.16. The maximum atomic E-state index is 11.1. The van der Waals surface area contributed by atoms with Gasteiger partial charge < -0.3 is 0 Å². The maximum absolute atomic E-state index is 11.1. The molecule has 0 atom stereocenters. The first-order valence-corrected chi connectivity index (χ1v) is 4.31. The van der Waals surface area contributed by atoms with Crippen LogP contribution in [0.15, 0.2) is 33.9 Å². The molecule has 6 heteroatoms. The number of nitrogens with one attached hydrogen (secondary N) is 1. The maximum Gasteiger partial charge on any atom is 0.369 e. The summed E-state index contributed by atoms with van der Waals surface area (Å²) < 4.78 is 2.11. The first-order chi connectivity index (χ1) is 6.27. The third-order valence-corrected chi connectivity index (χ3v) is 1.98. The molecule has 2 aromatic heterocycles. The van der Waals surface area contributed by atoms with Gasteiger partial charge in [0.1, 0.15) is 6.33 Å². The molecule has 0 amide bonds. The normalized spacial score (nSPS) is 10.2. The van der Waals surface area contributed by atoms with Crippen molar-refractivity contribution in [2.45, 2.75) is 0 Å². The number of nitrogens with zero attached hydrogens (tertiary/aromatic N) is 3. The molecule has 1 N–H and O–H groups in total. The molecule has 2 aromatic rings. The first kappa shape index (κ1) is 8.18. The number of hydrogen-bond acceptors (Lipinski definition) is 3. The molecule has 0 unspecified atom stereocenters. The van der Waals surface area contributed by atoms with Crippen LogP contribution in [0.3, 0.4) is 0 Å². The highest BCUT2D eigenvalue weighted by Gasteiger charge is 2.01. The second-order valence-electron chi connectivity index (χ2n) is 2.34. The summed E-state index contributed by atoms with van der Waals surface area (Å²) in [4.78, 5) is 18.6. The van der Waals surface area contributed by atoms with E-state index in [9.17, 15) is 4.79 Å². The molecule has 2 heterocycles. The van der Waals surface area contributed by atoms with E-state index in [-0.39, 0.29) is 5.69 Å². The van der Waals surface area contributed by atoms with E-state index in [0.717, 1.165) is 4.47 Å². The van der Waals surface area contributed by atoms with Crippen LogP contribution < -0.4 is 5.69 Å². The molecule has 0 bridgehead atoms. The standard InChI is InChI=1S/C7H5BrN4O/c8-5-1-2-9-6(3-5)12-7(13)10-4-11-12/h1-4H,(H,10,11,13). The van der Waals surface area contributed by atoms with Gasteiger partial charge in [0, 0.05) is 10.7 Å². The van der Waals surface area contributed by atoms with Gasteiger partial charge in [-0.05, 0) is 12.1 Å². The Hall–Kier alpha value is -1.43. The minimum absolute atomic E-state index is 0.370. The van der Waals surface area contributed by atoms with Gasteiger partial charge in [0.25, 0.3) is 0 Å². The van der Waals surface area contributed by atoms with E-state index in [1.54, 1.807) is 18.3 Å². The molecule has 0 saturated heterocycles. The molecule has 0 radical (unpaired) electrons. The number of halogens is 1. The SMILES string of the molecule is O=c1nc[nH]n1-c1cc(Br)ccn1. The predicted octanol–water partition coefficient (Wildman–Crippen LogP) is 0.718. The van der Waals surface area contributed by atoms with Gasteiger partial charge >= 0.3 is 5.69 Å². The molecule has 0 fully saturated rings. The number of hydrogen-bond donors (Lipinski definition) is 1. The van der Waals surface area contributed by atoms with Gasteiger partial charge in [-0.2, -0.15) is 9.67 Å². The predicted molar refractivity (Wildman–Crippen MR) is 49.7 cm³/mol. The molecule has 0 spiro atoms. The highest BCUT2D eigenvalue weighted by Crippen LogP contribution is 2.10. The van der Waals surface area contributed by atoms with Crippen LogP contribution in [0.4, 0.5) is 0 Å². The minimum atomic E-state index is -0.370. The Morgan fingerprint density at radius 2 is 2.31 bits per heavy atom. The van der Waals surface area contributed by atoms with Crippen LogP contribution in [0, 0.1) is 0 Å². The molecule has 0 aliphatic heterocycles. The Morgan fingerprint density at radius 1 is 1.46 bits per heavy atom. The van der Waals surface area contributed by atoms with E-state index in [0.29, 0.717) is 5.82 Å². The molecule has 13 heavy (non-hydrogen) atoms. The smallest absolute Gasteiger partial charge is 0.278 e. The Bertz CT molecular complexity index is 475. The largest absolute Gasteiger partial charge is 0.369 e. The summed E-state index contributed by atoms with van der Waals surface area (Å²) in [6.45, 7) is 0. The first-order valence-electron chi connectivity index (χ1n) is 3.52. The molecule has 2 rings (SSSR count). The van der Waals surface area contributed by atoms with Crippen molar-refractivity contribution in [1.29, 1.82) is 0 Å². The fraction of sp³-hybridized carbons (Fsp3) is 0. The van der Waals surface area contributed by atoms with Crippen molar-refractivity contribution in [2.75, 3.05) is 0 Å². The fourth-order valence-electron chi connectivity index (χ4n) is 0.935. The lowest BCUT2D eigenvalue weighted by molar-refractivity contribution is 0.812. The molecule has 0 aliphatic carbocycles. The van der Waals surface area contributed by atoms with Crippen LogP contribution in [-0.4, -0.2) is 19.7 Å². The van der Waals surface area contributed by atoms with Crippen LogP contribution in [0.5, 0.6) is 0 Å². The van der Waals surface area contributed by atoms with Crippen molar-refractivity contribution in [3.8, 4) is 5.82 Å². The topological polar surface area (TPSA) is 63.6 Å². The average Bonchev–Trinajstić information content (AvgIpc) is 2.51. The van der Waals surface area contributed by atoms with E-state index in [4.69, 9.17) is 0 Å². The highest BCUT2D eigenvalue weighted by atomic mass is 79.9. The Morgan fingerprint density at radius 3 is 2.92 bits per heavy atom. The molecule has 0 aromatic carbocycles. The van der Waals surface area contributed by atoms with Crippen LogP contribution in [0.2, 0.25) is 0 Å². The van der Waals surface area contributed by atoms with E-state index in [1.165, 1.54) is 11.0 Å². The van der Waals surface area contributed by atoms with Gasteiger partial charge in [0.15, 0.2) is 5.82 Å². The monoisotopic (exact) mass is 240 g/mol. The Balaban J connectivity index is 2.59. The molecule has 66 valence electrons. The second kappa shape index (κ2) is 3.14. The quantitative estimate of drug-likeness (QED) is 0.799. The lowest BCUT2D eigenvalue weighted by atomic mass is 10.5. The molecular weight excluding hydrogens is 236 g/mol. The van der Waals surface area contributed by atoms with E-state index in [2.05, 4.69) is 31.0 Å². The van der Waals surface area contributed by atoms with Gasteiger partial charge in [-0.15, -0.1) is 0 Å². The summed E-state index contributed by atoms with van der Waals surface area (Å²) in [5.41, 5.74) is -0.370. The zero-order chi connectivity index (χ0) is 9.26. The van der Waals surface area contributed by atoms with Crippen LogP contribution in [-0.2, 0) is 0 Å². The van der Waals surface area contributed by atoms with Crippen molar-refractivity contribution in [2.24, 2.45) is 0 Å². The van der Waals surface area contributed by atoms with Crippen LogP contribution in [0.1, 0.15) is 0 Å². The summed E-state index contributed by atoms with van der Waals surface area (Å²) in [6, 6.07) is 3.50. The summed E-state index contributed by atoms with van der Waals surface area (Å²) in [6.07, 6.45) is 2.93. The van der Waals surface area contributed by atoms with Crippen molar-refractivity contribution >= 4 is 15.9 Å².